The third-order valence-corrected chi connectivity index (χ3v) is 6.71. The number of nitrogens with zero attached hydrogens (tertiary/aromatic N) is 2. The van der Waals surface area contributed by atoms with Crippen molar-refractivity contribution in [1.82, 2.24) is 9.21 Å². The molecule has 0 radical (unpaired) electrons. The van der Waals surface area contributed by atoms with Crippen molar-refractivity contribution in [3.63, 3.8) is 0 Å². The molecule has 0 amide bonds. The zero-order chi connectivity index (χ0) is 19.4. The van der Waals surface area contributed by atoms with Crippen LogP contribution in [0.3, 0.4) is 0 Å². The molecular formula is C20H26N2O4S. The zero-order valence-electron chi connectivity index (χ0n) is 16.0. The van der Waals surface area contributed by atoms with Crippen LogP contribution < -0.4 is 9.47 Å². The molecule has 3 rings (SSSR count). The molecule has 1 fully saturated rings. The summed E-state index contributed by atoms with van der Waals surface area (Å²) in [5.74, 6) is 1.41. The van der Waals surface area contributed by atoms with Crippen molar-refractivity contribution in [3.8, 4) is 11.5 Å². The number of benzene rings is 2. The molecule has 0 N–H and O–H groups in total. The van der Waals surface area contributed by atoms with Crippen LogP contribution in [0.15, 0.2) is 47.4 Å². The Hall–Kier alpha value is -2.09. The van der Waals surface area contributed by atoms with E-state index in [-0.39, 0.29) is 0 Å². The lowest BCUT2D eigenvalue weighted by Crippen LogP contribution is -2.48. The van der Waals surface area contributed by atoms with Crippen molar-refractivity contribution in [2.24, 2.45) is 0 Å². The van der Waals surface area contributed by atoms with Gasteiger partial charge in [0.2, 0.25) is 10.0 Å². The van der Waals surface area contributed by atoms with Gasteiger partial charge in [-0.05, 0) is 42.3 Å². The lowest BCUT2D eigenvalue weighted by Gasteiger charge is -2.34. The van der Waals surface area contributed by atoms with E-state index in [1.807, 2.05) is 31.2 Å². The van der Waals surface area contributed by atoms with E-state index < -0.39 is 10.0 Å². The summed E-state index contributed by atoms with van der Waals surface area (Å²) in [5.41, 5.74) is 2.06. The molecule has 6 nitrogen and oxygen atoms in total. The maximum atomic E-state index is 12.8. The van der Waals surface area contributed by atoms with E-state index in [1.54, 1.807) is 36.7 Å². The molecule has 0 saturated carbocycles. The molecule has 1 heterocycles. The second kappa shape index (κ2) is 8.29. The molecule has 0 bridgehead atoms. The molecule has 146 valence electrons. The van der Waals surface area contributed by atoms with Crippen molar-refractivity contribution in [3.05, 3.63) is 53.6 Å². The van der Waals surface area contributed by atoms with Gasteiger partial charge in [0.1, 0.15) is 0 Å². The molecule has 2 aromatic carbocycles. The number of sulfonamides is 1. The van der Waals surface area contributed by atoms with Gasteiger partial charge in [-0.2, -0.15) is 4.31 Å². The second-order valence-corrected chi connectivity index (χ2v) is 8.62. The van der Waals surface area contributed by atoms with E-state index in [4.69, 9.17) is 9.47 Å². The first-order valence-corrected chi connectivity index (χ1v) is 10.4. The minimum absolute atomic E-state index is 0.371. The number of aryl methyl sites for hydroxylation is 1. The maximum absolute atomic E-state index is 12.8. The topological polar surface area (TPSA) is 59.1 Å². The van der Waals surface area contributed by atoms with Crippen LogP contribution >= 0.6 is 0 Å². The van der Waals surface area contributed by atoms with E-state index in [2.05, 4.69) is 4.90 Å². The van der Waals surface area contributed by atoms with Crippen LogP contribution in [-0.2, 0) is 16.6 Å². The van der Waals surface area contributed by atoms with Crippen molar-refractivity contribution >= 4 is 10.0 Å². The quantitative estimate of drug-likeness (QED) is 0.759. The Morgan fingerprint density at radius 1 is 0.926 bits per heavy atom. The minimum Gasteiger partial charge on any atom is -0.493 e. The van der Waals surface area contributed by atoms with Gasteiger partial charge in [0.05, 0.1) is 19.1 Å². The fourth-order valence-electron chi connectivity index (χ4n) is 3.29. The highest BCUT2D eigenvalue weighted by Crippen LogP contribution is 2.28. The smallest absolute Gasteiger partial charge is 0.243 e. The molecular weight excluding hydrogens is 364 g/mol. The number of ether oxygens (including phenoxy) is 2. The highest BCUT2D eigenvalue weighted by Gasteiger charge is 2.28. The molecule has 1 saturated heterocycles. The summed E-state index contributed by atoms with van der Waals surface area (Å²) < 4.78 is 37.9. The summed E-state index contributed by atoms with van der Waals surface area (Å²) >= 11 is 0. The van der Waals surface area contributed by atoms with Gasteiger partial charge in [0.25, 0.3) is 0 Å². The van der Waals surface area contributed by atoms with Crippen LogP contribution in [0.4, 0.5) is 0 Å². The Morgan fingerprint density at radius 3 is 2.26 bits per heavy atom. The monoisotopic (exact) mass is 390 g/mol. The molecule has 1 aliphatic rings. The van der Waals surface area contributed by atoms with E-state index in [0.29, 0.717) is 42.6 Å². The summed E-state index contributed by atoms with van der Waals surface area (Å²) in [6.45, 7) is 5.02. The predicted octanol–water partition coefficient (Wildman–Crippen LogP) is 2.52. The fraction of sp³-hybridized carbons (Fsp3) is 0.400. The van der Waals surface area contributed by atoms with Crippen LogP contribution in [0, 0.1) is 6.92 Å². The minimum atomic E-state index is -3.43. The molecule has 0 aromatic heterocycles. The SMILES string of the molecule is COc1ccc(CN2CCN(S(=O)(=O)c3cccc(C)c3)CC2)cc1OC. The third-order valence-electron chi connectivity index (χ3n) is 4.81. The third kappa shape index (κ3) is 4.43. The van der Waals surface area contributed by atoms with Gasteiger partial charge in [0, 0.05) is 32.7 Å². The molecule has 0 aliphatic carbocycles. The lowest BCUT2D eigenvalue weighted by molar-refractivity contribution is 0.181. The summed E-state index contributed by atoms with van der Waals surface area (Å²) in [6, 6.07) is 13.0. The van der Waals surface area contributed by atoms with Gasteiger partial charge >= 0.3 is 0 Å². The Labute approximate surface area is 161 Å². The van der Waals surface area contributed by atoms with Gasteiger partial charge in [-0.1, -0.05) is 18.2 Å². The normalized spacial score (nSPS) is 16.3. The number of piperazine rings is 1. The van der Waals surface area contributed by atoms with Gasteiger partial charge in [-0.3, -0.25) is 4.90 Å². The van der Waals surface area contributed by atoms with Crippen LogP contribution in [0.5, 0.6) is 11.5 Å². The number of hydrogen-bond acceptors (Lipinski definition) is 5. The molecule has 2 aromatic rings. The molecule has 1 aliphatic heterocycles. The summed E-state index contributed by atoms with van der Waals surface area (Å²) in [7, 11) is -0.192. The van der Waals surface area contributed by atoms with Crippen LogP contribution in [0.25, 0.3) is 0 Å². The summed E-state index contributed by atoms with van der Waals surface area (Å²) in [5, 5.41) is 0. The van der Waals surface area contributed by atoms with Gasteiger partial charge in [-0.25, -0.2) is 8.42 Å². The highest BCUT2D eigenvalue weighted by atomic mass is 32.2. The number of methoxy groups -OCH3 is 2. The molecule has 0 unspecified atom stereocenters. The number of hydrogen-bond donors (Lipinski definition) is 0. The van der Waals surface area contributed by atoms with Crippen molar-refractivity contribution < 1.29 is 17.9 Å². The van der Waals surface area contributed by atoms with Crippen molar-refractivity contribution in [1.29, 1.82) is 0 Å². The van der Waals surface area contributed by atoms with E-state index in [1.165, 1.54) is 0 Å². The van der Waals surface area contributed by atoms with E-state index in [0.717, 1.165) is 17.7 Å². The van der Waals surface area contributed by atoms with Crippen molar-refractivity contribution in [2.75, 3.05) is 40.4 Å². The largest absolute Gasteiger partial charge is 0.493 e. The van der Waals surface area contributed by atoms with E-state index >= 15 is 0 Å². The zero-order valence-corrected chi connectivity index (χ0v) is 16.8. The second-order valence-electron chi connectivity index (χ2n) is 6.69. The van der Waals surface area contributed by atoms with Crippen LogP contribution in [0.1, 0.15) is 11.1 Å². The van der Waals surface area contributed by atoms with Crippen molar-refractivity contribution in [2.45, 2.75) is 18.4 Å². The predicted molar refractivity (Wildman–Crippen MR) is 105 cm³/mol. The molecule has 27 heavy (non-hydrogen) atoms. The Balaban J connectivity index is 1.64. The van der Waals surface area contributed by atoms with E-state index in [9.17, 15) is 8.42 Å². The van der Waals surface area contributed by atoms with Gasteiger partial charge in [0.15, 0.2) is 11.5 Å². The van der Waals surface area contributed by atoms with Gasteiger partial charge < -0.3 is 9.47 Å². The van der Waals surface area contributed by atoms with Gasteiger partial charge in [-0.15, -0.1) is 0 Å². The van der Waals surface area contributed by atoms with Crippen LogP contribution in [0.2, 0.25) is 0 Å². The maximum Gasteiger partial charge on any atom is 0.243 e. The lowest BCUT2D eigenvalue weighted by atomic mass is 10.1. The first kappa shape index (κ1) is 19.7. The molecule has 0 atom stereocenters. The Kier molecular flexibility index (Phi) is 6.04. The number of rotatable bonds is 6. The highest BCUT2D eigenvalue weighted by molar-refractivity contribution is 7.89. The summed E-state index contributed by atoms with van der Waals surface area (Å²) in [4.78, 5) is 2.62. The average molecular weight is 391 g/mol. The first-order chi connectivity index (χ1) is 12.9. The standard InChI is InChI=1S/C20H26N2O4S/c1-16-5-4-6-18(13-16)27(23,24)22-11-9-21(10-12-22)15-17-7-8-19(25-2)20(14-17)26-3/h4-8,13-14H,9-12,15H2,1-3H3. The molecule has 0 spiro atoms. The van der Waals surface area contributed by atoms with Crippen LogP contribution in [-0.4, -0.2) is 58.0 Å². The average Bonchev–Trinajstić information content (AvgIpc) is 2.68. The molecule has 7 heteroatoms. The summed E-state index contributed by atoms with van der Waals surface area (Å²) in [6.07, 6.45) is 0. The Morgan fingerprint density at radius 2 is 1.63 bits per heavy atom. The Bertz CT molecular complexity index is 891. The fourth-order valence-corrected chi connectivity index (χ4v) is 4.82. The first-order valence-electron chi connectivity index (χ1n) is 8.94.